The molecular formula is C22H23NO3. The zero-order chi connectivity index (χ0) is 17.9. The molecule has 0 radical (unpaired) electrons. The number of benzene rings is 2. The van der Waals surface area contributed by atoms with Gasteiger partial charge in [0.05, 0.1) is 0 Å². The van der Waals surface area contributed by atoms with Crippen LogP contribution in [0.5, 0.6) is 0 Å². The molecule has 0 spiro atoms. The predicted molar refractivity (Wildman–Crippen MR) is 98.7 cm³/mol. The van der Waals surface area contributed by atoms with Crippen LogP contribution >= 0.6 is 0 Å². The number of Topliss-reactive ketones (excluding diaryl/α,β-unsaturated/α-hetero) is 1. The van der Waals surface area contributed by atoms with Crippen LogP contribution in [0.15, 0.2) is 60.7 Å². The van der Waals surface area contributed by atoms with Crippen molar-refractivity contribution < 1.29 is 14.3 Å². The van der Waals surface area contributed by atoms with Crippen molar-refractivity contribution >= 4 is 11.9 Å². The Morgan fingerprint density at radius 3 is 2.46 bits per heavy atom. The molecule has 0 N–H and O–H groups in total. The lowest BCUT2D eigenvalue weighted by atomic mass is 9.76. The molecule has 1 aliphatic heterocycles. The predicted octanol–water partition coefficient (Wildman–Crippen LogP) is 4.16. The van der Waals surface area contributed by atoms with Crippen LogP contribution in [0.3, 0.4) is 0 Å². The van der Waals surface area contributed by atoms with Gasteiger partial charge < -0.3 is 9.64 Å². The van der Waals surface area contributed by atoms with Gasteiger partial charge in [-0.25, -0.2) is 4.79 Å². The van der Waals surface area contributed by atoms with E-state index in [1.165, 1.54) is 5.56 Å². The summed E-state index contributed by atoms with van der Waals surface area (Å²) in [5.74, 6) is 0.712. The fraction of sp³-hybridized carbons (Fsp3) is 0.364. The largest absolute Gasteiger partial charge is 0.445 e. The van der Waals surface area contributed by atoms with E-state index in [1.807, 2.05) is 53.4 Å². The van der Waals surface area contributed by atoms with E-state index in [0.717, 1.165) is 12.0 Å². The van der Waals surface area contributed by atoms with Crippen LogP contribution in [0.1, 0.15) is 36.3 Å². The maximum absolute atomic E-state index is 12.8. The highest BCUT2D eigenvalue weighted by Crippen LogP contribution is 2.44. The van der Waals surface area contributed by atoms with Gasteiger partial charge in [-0.1, -0.05) is 60.7 Å². The molecule has 0 bridgehead atoms. The molecule has 1 saturated carbocycles. The van der Waals surface area contributed by atoms with Crippen molar-refractivity contribution in [2.45, 2.75) is 37.8 Å². The number of carbonyl (C=O) groups excluding carboxylic acids is 2. The van der Waals surface area contributed by atoms with Gasteiger partial charge in [-0.05, 0) is 23.5 Å². The summed E-state index contributed by atoms with van der Waals surface area (Å²) in [6.07, 6.45) is 1.60. The zero-order valence-electron chi connectivity index (χ0n) is 14.7. The second-order valence-electron chi connectivity index (χ2n) is 7.22. The molecule has 4 nitrogen and oxygen atoms in total. The van der Waals surface area contributed by atoms with Gasteiger partial charge in [0, 0.05) is 31.3 Å². The van der Waals surface area contributed by atoms with Crippen LogP contribution in [0.4, 0.5) is 4.79 Å². The number of carbonyl (C=O) groups is 2. The minimum absolute atomic E-state index is 0.0983. The number of likely N-dealkylation sites (tertiary alicyclic amines) is 1. The lowest BCUT2D eigenvalue weighted by Gasteiger charge is -2.31. The van der Waals surface area contributed by atoms with Crippen LogP contribution in [0.25, 0.3) is 0 Å². The summed E-state index contributed by atoms with van der Waals surface area (Å²) < 4.78 is 5.57. The van der Waals surface area contributed by atoms with E-state index in [4.69, 9.17) is 4.74 Å². The van der Waals surface area contributed by atoms with Crippen LogP contribution in [0.2, 0.25) is 0 Å². The Hall–Kier alpha value is -2.62. The monoisotopic (exact) mass is 349 g/mol. The summed E-state index contributed by atoms with van der Waals surface area (Å²) in [7, 11) is 0. The topological polar surface area (TPSA) is 46.6 Å². The van der Waals surface area contributed by atoms with Gasteiger partial charge >= 0.3 is 6.09 Å². The van der Waals surface area contributed by atoms with Gasteiger partial charge in [-0.15, -0.1) is 0 Å². The first-order valence-corrected chi connectivity index (χ1v) is 9.26. The van der Waals surface area contributed by atoms with E-state index >= 15 is 0 Å². The van der Waals surface area contributed by atoms with Crippen LogP contribution in [0, 0.1) is 5.92 Å². The highest BCUT2D eigenvalue weighted by molar-refractivity contribution is 5.80. The second kappa shape index (κ2) is 7.32. The fourth-order valence-corrected chi connectivity index (χ4v) is 4.37. The zero-order valence-corrected chi connectivity index (χ0v) is 14.7. The number of fused-ring (bicyclic) bond motifs is 1. The number of nitrogens with zero attached hydrogens (tertiary/aromatic N) is 1. The van der Waals surface area contributed by atoms with Crippen molar-refractivity contribution in [2.24, 2.45) is 5.92 Å². The minimum atomic E-state index is -0.267. The minimum Gasteiger partial charge on any atom is -0.445 e. The number of rotatable bonds is 3. The standard InChI is InChI=1S/C22H23NO3/c24-18-11-12-21-19(13-18)20(17-9-5-2-6-10-17)14-23(21)22(25)26-15-16-7-3-1-4-8-16/h1-10,19-21H,11-15H2/t19-,20-,21+/m0/s1. The number of amides is 1. The normalized spacial score (nSPS) is 25.0. The Bertz CT molecular complexity index is 774. The van der Waals surface area contributed by atoms with Crippen LogP contribution in [-0.2, 0) is 16.1 Å². The molecule has 0 aromatic heterocycles. The van der Waals surface area contributed by atoms with Gasteiger partial charge in [0.1, 0.15) is 12.4 Å². The molecule has 1 heterocycles. The Morgan fingerprint density at radius 2 is 1.73 bits per heavy atom. The van der Waals surface area contributed by atoms with Crippen molar-refractivity contribution in [3.63, 3.8) is 0 Å². The van der Waals surface area contributed by atoms with E-state index in [1.54, 1.807) is 0 Å². The quantitative estimate of drug-likeness (QED) is 0.836. The van der Waals surface area contributed by atoms with Crippen molar-refractivity contribution in [1.29, 1.82) is 0 Å². The highest BCUT2D eigenvalue weighted by atomic mass is 16.6. The number of ketones is 1. The molecule has 1 aliphatic carbocycles. The molecule has 2 fully saturated rings. The molecule has 1 saturated heterocycles. The summed E-state index contributed by atoms with van der Waals surface area (Å²) in [6, 6.07) is 20.0. The Kier molecular flexibility index (Phi) is 4.74. The van der Waals surface area contributed by atoms with Gasteiger partial charge in [-0.3, -0.25) is 4.79 Å². The molecule has 2 aromatic carbocycles. The third-order valence-electron chi connectivity index (χ3n) is 5.65. The Balaban J connectivity index is 1.50. The van der Waals surface area contributed by atoms with Crippen molar-refractivity contribution in [3.05, 3.63) is 71.8 Å². The fourth-order valence-electron chi connectivity index (χ4n) is 4.37. The molecule has 26 heavy (non-hydrogen) atoms. The molecular weight excluding hydrogens is 326 g/mol. The first kappa shape index (κ1) is 16.8. The summed E-state index contributed by atoms with van der Waals surface area (Å²) in [6.45, 7) is 0.905. The molecule has 3 atom stereocenters. The first-order chi connectivity index (χ1) is 12.7. The lowest BCUT2D eigenvalue weighted by Crippen LogP contribution is -2.41. The number of ether oxygens (including phenoxy) is 1. The van der Waals surface area contributed by atoms with E-state index in [-0.39, 0.29) is 30.6 Å². The molecule has 1 amide bonds. The Labute approximate surface area is 153 Å². The molecule has 2 aliphatic rings. The molecule has 2 aromatic rings. The first-order valence-electron chi connectivity index (χ1n) is 9.26. The maximum atomic E-state index is 12.8. The van der Waals surface area contributed by atoms with Gasteiger partial charge in [0.15, 0.2) is 0 Å². The average molecular weight is 349 g/mol. The Morgan fingerprint density at radius 1 is 1.04 bits per heavy atom. The summed E-state index contributed by atoms with van der Waals surface area (Å²) in [5, 5.41) is 0. The SMILES string of the molecule is O=C1CC[C@@H]2[C@@H](C1)[C@H](c1ccccc1)CN2C(=O)OCc1ccccc1. The van der Waals surface area contributed by atoms with E-state index in [9.17, 15) is 9.59 Å². The van der Waals surface area contributed by atoms with Crippen molar-refractivity contribution in [2.75, 3.05) is 6.54 Å². The third kappa shape index (κ3) is 3.36. The van der Waals surface area contributed by atoms with Crippen molar-refractivity contribution in [3.8, 4) is 0 Å². The van der Waals surface area contributed by atoms with Gasteiger partial charge in [0.2, 0.25) is 0 Å². The molecule has 4 heteroatoms. The van der Waals surface area contributed by atoms with E-state index in [2.05, 4.69) is 12.1 Å². The second-order valence-corrected chi connectivity index (χ2v) is 7.22. The summed E-state index contributed by atoms with van der Waals surface area (Å²) >= 11 is 0. The van der Waals surface area contributed by atoms with Crippen LogP contribution < -0.4 is 0 Å². The van der Waals surface area contributed by atoms with Crippen molar-refractivity contribution in [1.82, 2.24) is 4.90 Å². The maximum Gasteiger partial charge on any atom is 0.410 e. The highest BCUT2D eigenvalue weighted by Gasteiger charge is 2.47. The van der Waals surface area contributed by atoms with Gasteiger partial charge in [0.25, 0.3) is 0 Å². The third-order valence-corrected chi connectivity index (χ3v) is 5.65. The average Bonchev–Trinajstić information content (AvgIpc) is 3.06. The number of hydrogen-bond donors (Lipinski definition) is 0. The molecule has 4 rings (SSSR count). The summed E-state index contributed by atoms with van der Waals surface area (Å²) in [4.78, 5) is 26.6. The summed E-state index contributed by atoms with van der Waals surface area (Å²) in [5.41, 5.74) is 2.19. The smallest absolute Gasteiger partial charge is 0.410 e. The van der Waals surface area contributed by atoms with E-state index in [0.29, 0.717) is 25.2 Å². The molecule has 134 valence electrons. The van der Waals surface area contributed by atoms with E-state index < -0.39 is 0 Å². The lowest BCUT2D eigenvalue weighted by molar-refractivity contribution is -0.122. The number of hydrogen-bond acceptors (Lipinski definition) is 3. The van der Waals surface area contributed by atoms with Crippen LogP contribution in [-0.4, -0.2) is 29.4 Å². The van der Waals surface area contributed by atoms with Gasteiger partial charge in [-0.2, -0.15) is 0 Å². The molecule has 0 unspecified atom stereocenters.